The van der Waals surface area contributed by atoms with Gasteiger partial charge in [-0.25, -0.2) is 8.78 Å². The van der Waals surface area contributed by atoms with Crippen molar-refractivity contribution in [2.75, 3.05) is 17.2 Å². The van der Waals surface area contributed by atoms with Gasteiger partial charge in [0, 0.05) is 17.9 Å². The fourth-order valence-electron chi connectivity index (χ4n) is 2.89. The number of halogens is 5. The van der Waals surface area contributed by atoms with Crippen molar-refractivity contribution in [1.82, 2.24) is 5.32 Å². The average Bonchev–Trinajstić information content (AvgIpc) is 2.75. The van der Waals surface area contributed by atoms with E-state index in [4.69, 9.17) is 12.2 Å². The third kappa shape index (κ3) is 6.72. The highest BCUT2D eigenvalue weighted by Crippen LogP contribution is 2.30. The van der Waals surface area contributed by atoms with Gasteiger partial charge in [0.05, 0.1) is 11.1 Å². The summed E-state index contributed by atoms with van der Waals surface area (Å²) in [6.45, 7) is 0.199. The SMILES string of the molecule is O=C(Nc1ccc(NC(=S)NCCc2ccc(C(F)(F)F)cc2F)cc1)c1ccccc1F. The molecule has 0 aliphatic heterocycles. The maximum Gasteiger partial charge on any atom is 0.416 e. The zero-order chi connectivity index (χ0) is 24.0. The Bertz CT molecular complexity index is 1150. The Hall–Kier alpha value is -3.53. The highest BCUT2D eigenvalue weighted by molar-refractivity contribution is 7.80. The number of rotatable bonds is 6. The summed E-state index contributed by atoms with van der Waals surface area (Å²) in [5.74, 6) is -2.14. The van der Waals surface area contributed by atoms with Crippen molar-refractivity contribution in [2.45, 2.75) is 12.6 Å². The van der Waals surface area contributed by atoms with E-state index < -0.39 is 29.3 Å². The Morgan fingerprint density at radius 1 is 0.848 bits per heavy atom. The summed E-state index contributed by atoms with van der Waals surface area (Å²) in [6, 6.07) is 14.5. The summed E-state index contributed by atoms with van der Waals surface area (Å²) in [5, 5.41) is 8.56. The third-order valence-electron chi connectivity index (χ3n) is 4.58. The van der Waals surface area contributed by atoms with Crippen molar-refractivity contribution in [3.05, 3.63) is 95.1 Å². The minimum Gasteiger partial charge on any atom is -0.362 e. The van der Waals surface area contributed by atoms with Gasteiger partial charge in [-0.3, -0.25) is 4.79 Å². The zero-order valence-corrected chi connectivity index (χ0v) is 17.8. The number of hydrogen-bond donors (Lipinski definition) is 3. The summed E-state index contributed by atoms with van der Waals surface area (Å²) in [5.41, 5.74) is 0.0628. The van der Waals surface area contributed by atoms with Crippen LogP contribution in [0.3, 0.4) is 0 Å². The van der Waals surface area contributed by atoms with Gasteiger partial charge in [0.15, 0.2) is 5.11 Å². The molecule has 4 nitrogen and oxygen atoms in total. The molecule has 1 amide bonds. The summed E-state index contributed by atoms with van der Waals surface area (Å²) >= 11 is 5.16. The molecular formula is C23H18F5N3OS. The van der Waals surface area contributed by atoms with Gasteiger partial charge in [-0.1, -0.05) is 18.2 Å². The van der Waals surface area contributed by atoms with E-state index in [1.807, 2.05) is 0 Å². The molecule has 3 aromatic carbocycles. The fraction of sp³-hybridized carbons (Fsp3) is 0.130. The van der Waals surface area contributed by atoms with E-state index in [0.717, 1.165) is 12.1 Å². The first kappa shape index (κ1) is 24.1. The maximum atomic E-state index is 13.9. The van der Waals surface area contributed by atoms with Crippen molar-refractivity contribution in [3.8, 4) is 0 Å². The second-order valence-electron chi connectivity index (χ2n) is 6.95. The normalized spacial score (nSPS) is 11.1. The Labute approximate surface area is 191 Å². The largest absolute Gasteiger partial charge is 0.416 e. The van der Waals surface area contributed by atoms with Crippen LogP contribution >= 0.6 is 12.2 Å². The molecular weight excluding hydrogens is 461 g/mol. The summed E-state index contributed by atoms with van der Waals surface area (Å²) in [4.78, 5) is 12.1. The molecule has 0 atom stereocenters. The van der Waals surface area contributed by atoms with Crippen molar-refractivity contribution in [1.29, 1.82) is 0 Å². The molecule has 3 rings (SSSR count). The van der Waals surface area contributed by atoms with Crippen LogP contribution in [0.15, 0.2) is 66.7 Å². The minimum absolute atomic E-state index is 0.0745. The summed E-state index contributed by atoms with van der Waals surface area (Å²) < 4.78 is 65.4. The van der Waals surface area contributed by atoms with Crippen LogP contribution in [0.1, 0.15) is 21.5 Å². The van der Waals surface area contributed by atoms with Gasteiger partial charge in [-0.15, -0.1) is 0 Å². The topological polar surface area (TPSA) is 53.2 Å². The van der Waals surface area contributed by atoms with Crippen LogP contribution in [0.25, 0.3) is 0 Å². The maximum absolute atomic E-state index is 13.9. The summed E-state index contributed by atoms with van der Waals surface area (Å²) in [7, 11) is 0. The standard InChI is InChI=1S/C23H18F5N3OS/c24-19-4-2-1-3-18(19)21(32)30-16-7-9-17(10-8-16)31-22(33)29-12-11-14-5-6-15(13-20(14)25)23(26,27)28/h1-10,13H,11-12H2,(H,30,32)(H2,29,31,33). The average molecular weight is 479 g/mol. The number of carbonyl (C=O) groups excluding carboxylic acids is 1. The third-order valence-corrected chi connectivity index (χ3v) is 4.83. The van der Waals surface area contributed by atoms with Crippen LogP contribution in [0.2, 0.25) is 0 Å². The predicted molar refractivity (Wildman–Crippen MR) is 120 cm³/mol. The van der Waals surface area contributed by atoms with Crippen LogP contribution in [0.4, 0.5) is 33.3 Å². The Morgan fingerprint density at radius 2 is 1.48 bits per heavy atom. The van der Waals surface area contributed by atoms with Gasteiger partial charge in [-0.05, 0) is 72.7 Å². The number of benzene rings is 3. The lowest BCUT2D eigenvalue weighted by atomic mass is 10.1. The molecule has 0 fully saturated rings. The predicted octanol–water partition coefficient (Wildman–Crippen LogP) is 5.77. The monoisotopic (exact) mass is 479 g/mol. The van der Waals surface area contributed by atoms with E-state index in [1.165, 1.54) is 18.2 Å². The van der Waals surface area contributed by atoms with E-state index >= 15 is 0 Å². The molecule has 0 radical (unpaired) electrons. The number of amides is 1. The van der Waals surface area contributed by atoms with Gasteiger partial charge >= 0.3 is 6.18 Å². The quantitative estimate of drug-likeness (QED) is 0.311. The lowest BCUT2D eigenvalue weighted by molar-refractivity contribution is -0.137. The lowest BCUT2D eigenvalue weighted by Gasteiger charge is -2.12. The number of carbonyl (C=O) groups is 1. The Kier molecular flexibility index (Phi) is 7.59. The lowest BCUT2D eigenvalue weighted by Crippen LogP contribution is -2.30. The molecule has 33 heavy (non-hydrogen) atoms. The Balaban J connectivity index is 1.48. The second kappa shape index (κ2) is 10.4. The summed E-state index contributed by atoms with van der Waals surface area (Å²) in [6.07, 6.45) is -4.47. The van der Waals surface area contributed by atoms with Gasteiger partial charge in [0.1, 0.15) is 11.6 Å². The molecule has 0 aliphatic rings. The van der Waals surface area contributed by atoms with E-state index in [0.29, 0.717) is 17.4 Å². The highest BCUT2D eigenvalue weighted by Gasteiger charge is 2.31. The first-order valence-electron chi connectivity index (χ1n) is 9.70. The minimum atomic E-state index is -4.60. The van der Waals surface area contributed by atoms with Crippen LogP contribution < -0.4 is 16.0 Å². The van der Waals surface area contributed by atoms with Gasteiger partial charge in [0.25, 0.3) is 5.91 Å². The molecule has 0 saturated carbocycles. The fourth-order valence-corrected chi connectivity index (χ4v) is 3.11. The van der Waals surface area contributed by atoms with Crippen molar-refractivity contribution >= 4 is 34.6 Å². The van der Waals surface area contributed by atoms with Gasteiger partial charge in [0.2, 0.25) is 0 Å². The van der Waals surface area contributed by atoms with Crippen LogP contribution in [-0.2, 0) is 12.6 Å². The molecule has 0 aromatic heterocycles. The highest BCUT2D eigenvalue weighted by atomic mass is 32.1. The van der Waals surface area contributed by atoms with Gasteiger partial charge in [-0.2, -0.15) is 13.2 Å². The van der Waals surface area contributed by atoms with E-state index in [2.05, 4.69) is 16.0 Å². The van der Waals surface area contributed by atoms with Crippen molar-refractivity contribution < 1.29 is 26.7 Å². The smallest absolute Gasteiger partial charge is 0.362 e. The molecule has 3 N–H and O–H groups in total. The number of thiocarbonyl (C=S) groups is 1. The molecule has 3 aromatic rings. The van der Waals surface area contributed by atoms with Gasteiger partial charge < -0.3 is 16.0 Å². The number of nitrogens with one attached hydrogen (secondary N) is 3. The zero-order valence-electron chi connectivity index (χ0n) is 17.0. The van der Waals surface area contributed by atoms with Crippen LogP contribution in [0.5, 0.6) is 0 Å². The number of alkyl halides is 3. The molecule has 0 saturated heterocycles. The molecule has 0 aliphatic carbocycles. The van der Waals surface area contributed by atoms with E-state index in [9.17, 15) is 26.7 Å². The first-order chi connectivity index (χ1) is 15.6. The molecule has 0 heterocycles. The van der Waals surface area contributed by atoms with Crippen molar-refractivity contribution in [2.24, 2.45) is 0 Å². The Morgan fingerprint density at radius 3 is 2.09 bits per heavy atom. The molecule has 10 heteroatoms. The van der Waals surface area contributed by atoms with Crippen LogP contribution in [-0.4, -0.2) is 17.6 Å². The molecule has 172 valence electrons. The van der Waals surface area contributed by atoms with Crippen molar-refractivity contribution in [3.63, 3.8) is 0 Å². The van der Waals surface area contributed by atoms with E-state index in [-0.39, 0.29) is 29.2 Å². The number of hydrogen-bond acceptors (Lipinski definition) is 2. The molecule has 0 unspecified atom stereocenters. The van der Waals surface area contributed by atoms with E-state index in [1.54, 1.807) is 30.3 Å². The molecule has 0 bridgehead atoms. The van der Waals surface area contributed by atoms with Crippen LogP contribution in [0, 0.1) is 11.6 Å². The number of anilines is 2. The first-order valence-corrected chi connectivity index (χ1v) is 10.1. The second-order valence-corrected chi connectivity index (χ2v) is 7.35. The molecule has 0 spiro atoms.